The Morgan fingerprint density at radius 3 is 2.82 bits per heavy atom. The molecule has 1 aromatic heterocycles. The number of aromatic nitrogens is 2. The van der Waals surface area contributed by atoms with Gasteiger partial charge in [0.2, 0.25) is 0 Å². The number of aryl methyl sites for hydroxylation is 1. The van der Waals surface area contributed by atoms with Gasteiger partial charge >= 0.3 is 0 Å². The van der Waals surface area contributed by atoms with Gasteiger partial charge in [0.15, 0.2) is 5.16 Å². The molecule has 1 atom stereocenters. The van der Waals surface area contributed by atoms with Gasteiger partial charge in [-0.3, -0.25) is 4.21 Å². The maximum absolute atomic E-state index is 10.4. The second-order valence-corrected chi connectivity index (χ2v) is 2.57. The summed E-state index contributed by atoms with van der Waals surface area (Å²) in [5.74, 6) is 0. The van der Waals surface area contributed by atoms with Crippen molar-refractivity contribution in [2.45, 2.75) is 18.6 Å². The minimum atomic E-state index is -2.21. The topological polar surface area (TPSA) is 58.0 Å². The molecule has 0 aliphatic carbocycles. The molecule has 1 heterocycles. The van der Waals surface area contributed by atoms with E-state index in [2.05, 4.69) is 4.98 Å². The van der Waals surface area contributed by atoms with Crippen LogP contribution in [0.1, 0.15) is 6.92 Å². The standard InChI is InChI=1S/C5H8N2O2S.ClH/c1-2-7-4-3-6-5(7)10(8)9;/h3-4H,2H2,1H3,(H,8,9);1H/p-1. The van der Waals surface area contributed by atoms with Crippen molar-refractivity contribution in [1.82, 2.24) is 9.55 Å². The molecule has 0 amide bonds. The summed E-state index contributed by atoms with van der Waals surface area (Å²) in [4.78, 5) is 3.64. The molecule has 1 unspecified atom stereocenters. The van der Waals surface area contributed by atoms with Crippen LogP contribution < -0.4 is 0 Å². The van der Waals surface area contributed by atoms with Crippen molar-refractivity contribution in [3.05, 3.63) is 12.4 Å². The molecule has 1 aromatic rings. The van der Waals surface area contributed by atoms with Crippen molar-refractivity contribution in [3.8, 4) is 0 Å². The average Bonchev–Trinajstić information content (AvgIpc) is 2.33. The quantitative estimate of drug-likeness (QED) is 0.648. The van der Waals surface area contributed by atoms with E-state index in [0.717, 1.165) is 0 Å². The third kappa shape index (κ3) is 2.28. The molecule has 0 fully saturated rings. The van der Waals surface area contributed by atoms with Gasteiger partial charge in [-0.1, -0.05) is 0 Å². The first-order valence-corrected chi connectivity index (χ1v) is 3.93. The number of hydrogen-bond donors (Lipinski definition) is 0. The number of imidazole rings is 1. The fourth-order valence-electron chi connectivity index (χ4n) is 0.695. The minimum absolute atomic E-state index is 0. The molecule has 0 bridgehead atoms. The van der Waals surface area contributed by atoms with E-state index in [4.69, 9.17) is 0 Å². The second kappa shape index (κ2) is 4.48. The molecule has 6 heteroatoms. The highest BCUT2D eigenvalue weighted by Gasteiger charge is 1.98. The van der Waals surface area contributed by atoms with Crippen LogP contribution in [-0.4, -0.2) is 18.3 Å². The predicted octanol–water partition coefficient (Wildman–Crippen LogP) is 0.563. The molecule has 1 rings (SSSR count). The Bertz CT molecular complexity index is 250. The fraction of sp³-hybridized carbons (Fsp3) is 0.400. The van der Waals surface area contributed by atoms with E-state index < -0.39 is 11.1 Å². The Kier molecular flexibility index (Phi) is 4.32. The summed E-state index contributed by atoms with van der Waals surface area (Å²) in [6.45, 7) is 2.49. The van der Waals surface area contributed by atoms with Crippen LogP contribution in [-0.2, 0) is 17.6 Å². The van der Waals surface area contributed by atoms with Gasteiger partial charge in [-0.15, -0.1) is 12.4 Å². The van der Waals surface area contributed by atoms with E-state index >= 15 is 0 Å². The molecule has 0 aliphatic heterocycles. The first-order chi connectivity index (χ1) is 4.75. The average molecular weight is 196 g/mol. The van der Waals surface area contributed by atoms with Gasteiger partial charge < -0.3 is 9.12 Å². The lowest BCUT2D eigenvalue weighted by molar-refractivity contribution is 0.516. The number of hydrogen-bond acceptors (Lipinski definition) is 3. The molecule has 0 aliphatic rings. The lowest BCUT2D eigenvalue weighted by Crippen LogP contribution is -2.02. The summed E-state index contributed by atoms with van der Waals surface area (Å²) in [5.41, 5.74) is 0. The predicted molar refractivity (Wildman–Crippen MR) is 42.3 cm³/mol. The van der Waals surface area contributed by atoms with E-state index in [1.807, 2.05) is 6.92 Å². The highest BCUT2D eigenvalue weighted by molar-refractivity contribution is 7.79. The maximum atomic E-state index is 10.4. The summed E-state index contributed by atoms with van der Waals surface area (Å²) >= 11 is -2.21. The SMILES string of the molecule is CCn1ccnc1S(=O)[O-].Cl. The van der Waals surface area contributed by atoms with Crippen LogP contribution in [0.2, 0.25) is 0 Å². The Morgan fingerprint density at radius 1 is 1.82 bits per heavy atom. The molecular weight excluding hydrogens is 188 g/mol. The molecule has 0 spiro atoms. The van der Waals surface area contributed by atoms with Crippen molar-refractivity contribution in [2.24, 2.45) is 0 Å². The number of nitrogens with zero attached hydrogens (tertiary/aromatic N) is 2. The molecule has 64 valence electrons. The fourth-order valence-corrected chi connectivity index (χ4v) is 1.22. The summed E-state index contributed by atoms with van der Waals surface area (Å²) in [7, 11) is 0. The van der Waals surface area contributed by atoms with E-state index in [-0.39, 0.29) is 17.6 Å². The van der Waals surface area contributed by atoms with Crippen LogP contribution in [0, 0.1) is 0 Å². The number of halogens is 1. The molecule has 0 saturated carbocycles. The molecule has 11 heavy (non-hydrogen) atoms. The first kappa shape index (κ1) is 10.6. The molecule has 0 N–H and O–H groups in total. The largest absolute Gasteiger partial charge is 0.766 e. The van der Waals surface area contributed by atoms with Gasteiger partial charge in [0.05, 0.1) is 0 Å². The normalized spacial score (nSPS) is 12.2. The second-order valence-electron chi connectivity index (χ2n) is 1.73. The molecule has 0 saturated heterocycles. The van der Waals surface area contributed by atoms with Gasteiger partial charge in [-0.25, -0.2) is 4.98 Å². The summed E-state index contributed by atoms with van der Waals surface area (Å²) < 4.78 is 22.3. The zero-order valence-electron chi connectivity index (χ0n) is 5.89. The first-order valence-electron chi connectivity index (χ1n) is 2.86. The summed E-state index contributed by atoms with van der Waals surface area (Å²) in [5, 5.41) is 0.0995. The van der Waals surface area contributed by atoms with Gasteiger partial charge in [-0.05, 0) is 6.92 Å². The van der Waals surface area contributed by atoms with Gasteiger partial charge in [0, 0.05) is 30.0 Å². The van der Waals surface area contributed by atoms with Gasteiger partial charge in [0.1, 0.15) is 0 Å². The lowest BCUT2D eigenvalue weighted by atomic mass is 10.7. The highest BCUT2D eigenvalue weighted by Crippen LogP contribution is 2.00. The smallest absolute Gasteiger partial charge is 0.185 e. The van der Waals surface area contributed by atoms with Crippen LogP contribution in [0.4, 0.5) is 0 Å². The van der Waals surface area contributed by atoms with Crippen LogP contribution in [0.25, 0.3) is 0 Å². The third-order valence-corrected chi connectivity index (χ3v) is 1.81. The monoisotopic (exact) mass is 195 g/mol. The Labute approximate surface area is 73.3 Å². The Balaban J connectivity index is 0.000001000. The van der Waals surface area contributed by atoms with Crippen LogP contribution in [0.5, 0.6) is 0 Å². The van der Waals surface area contributed by atoms with E-state index in [0.29, 0.717) is 6.54 Å². The van der Waals surface area contributed by atoms with Crippen molar-refractivity contribution in [2.75, 3.05) is 0 Å². The highest BCUT2D eigenvalue weighted by atomic mass is 35.5. The summed E-state index contributed by atoms with van der Waals surface area (Å²) in [6, 6.07) is 0. The van der Waals surface area contributed by atoms with Crippen molar-refractivity contribution < 1.29 is 8.76 Å². The van der Waals surface area contributed by atoms with Crippen LogP contribution in [0.3, 0.4) is 0 Å². The maximum Gasteiger partial charge on any atom is 0.185 e. The molecule has 4 nitrogen and oxygen atoms in total. The molecular formula is C5H8ClN2O2S-. The van der Waals surface area contributed by atoms with E-state index in [1.165, 1.54) is 6.20 Å². The van der Waals surface area contributed by atoms with Crippen LogP contribution >= 0.6 is 12.4 Å². The van der Waals surface area contributed by atoms with Crippen molar-refractivity contribution >= 4 is 23.5 Å². The van der Waals surface area contributed by atoms with E-state index in [9.17, 15) is 8.76 Å². The lowest BCUT2D eigenvalue weighted by Gasteiger charge is -2.05. The van der Waals surface area contributed by atoms with Gasteiger partial charge in [0.25, 0.3) is 0 Å². The van der Waals surface area contributed by atoms with Gasteiger partial charge in [-0.2, -0.15) is 0 Å². The zero-order chi connectivity index (χ0) is 7.56. The Morgan fingerprint density at radius 2 is 2.45 bits per heavy atom. The number of rotatable bonds is 2. The Hall–Kier alpha value is -0.390. The van der Waals surface area contributed by atoms with Crippen molar-refractivity contribution in [1.29, 1.82) is 0 Å². The van der Waals surface area contributed by atoms with Crippen molar-refractivity contribution in [3.63, 3.8) is 0 Å². The van der Waals surface area contributed by atoms with E-state index in [1.54, 1.807) is 10.8 Å². The minimum Gasteiger partial charge on any atom is -0.766 e. The summed E-state index contributed by atoms with van der Waals surface area (Å²) in [6.07, 6.45) is 3.10. The third-order valence-electron chi connectivity index (χ3n) is 1.17. The molecule has 0 aromatic carbocycles. The zero-order valence-corrected chi connectivity index (χ0v) is 7.52. The molecule has 0 radical (unpaired) electrons. The van der Waals surface area contributed by atoms with Crippen LogP contribution in [0.15, 0.2) is 17.6 Å².